The molecule has 10 heteroatoms. The number of aliphatic hydroxyl groups is 1. The SMILES string of the molecule is Cc1ccc(S(=O)(=O)NCC2OC(Cc3cc(CN4CCOCC4)on3)CCC2O)cc1. The molecule has 3 unspecified atom stereocenters. The van der Waals surface area contributed by atoms with E-state index in [2.05, 4.69) is 14.8 Å². The molecular formula is C22H31N3O6S. The Morgan fingerprint density at radius 3 is 2.69 bits per heavy atom. The molecule has 0 aliphatic carbocycles. The molecule has 9 nitrogen and oxygen atoms in total. The third-order valence-corrected chi connectivity index (χ3v) is 7.35. The summed E-state index contributed by atoms with van der Waals surface area (Å²) in [6.45, 7) is 5.82. The predicted octanol–water partition coefficient (Wildman–Crippen LogP) is 1.24. The van der Waals surface area contributed by atoms with Crippen LogP contribution in [0.1, 0.15) is 29.9 Å². The van der Waals surface area contributed by atoms with Gasteiger partial charge >= 0.3 is 0 Å². The van der Waals surface area contributed by atoms with Crippen molar-refractivity contribution >= 4 is 10.0 Å². The van der Waals surface area contributed by atoms with Crippen molar-refractivity contribution in [2.75, 3.05) is 32.8 Å². The first-order valence-electron chi connectivity index (χ1n) is 11.0. The molecule has 3 atom stereocenters. The van der Waals surface area contributed by atoms with E-state index in [4.69, 9.17) is 14.0 Å². The third-order valence-electron chi connectivity index (χ3n) is 5.91. The zero-order chi connectivity index (χ0) is 22.6. The number of aromatic nitrogens is 1. The molecule has 0 amide bonds. The number of rotatable bonds is 8. The van der Waals surface area contributed by atoms with Crippen molar-refractivity contribution in [1.29, 1.82) is 0 Å². The lowest BCUT2D eigenvalue weighted by molar-refractivity contribution is -0.113. The summed E-state index contributed by atoms with van der Waals surface area (Å²) in [5.74, 6) is 0.806. The van der Waals surface area contributed by atoms with E-state index in [1.165, 1.54) is 0 Å². The number of aliphatic hydroxyl groups excluding tert-OH is 1. The number of hydrogen-bond donors (Lipinski definition) is 2. The minimum absolute atomic E-state index is 0.00890. The molecule has 1 aromatic carbocycles. The molecule has 0 bridgehead atoms. The Morgan fingerprint density at radius 2 is 1.94 bits per heavy atom. The number of nitrogens with zero attached hydrogens (tertiary/aromatic N) is 2. The van der Waals surface area contributed by atoms with Crippen molar-refractivity contribution in [3.63, 3.8) is 0 Å². The second kappa shape index (κ2) is 10.4. The maximum Gasteiger partial charge on any atom is 0.240 e. The van der Waals surface area contributed by atoms with Gasteiger partial charge in [0.15, 0.2) is 5.76 Å². The molecule has 0 radical (unpaired) electrons. The van der Waals surface area contributed by atoms with Crippen LogP contribution in [0.2, 0.25) is 0 Å². The molecule has 2 saturated heterocycles. The van der Waals surface area contributed by atoms with E-state index in [1.54, 1.807) is 24.3 Å². The number of ether oxygens (including phenoxy) is 2. The number of aryl methyl sites for hydroxylation is 1. The number of benzene rings is 1. The topological polar surface area (TPSA) is 114 Å². The summed E-state index contributed by atoms with van der Waals surface area (Å²) >= 11 is 0. The van der Waals surface area contributed by atoms with Gasteiger partial charge in [0.1, 0.15) is 0 Å². The van der Waals surface area contributed by atoms with Crippen LogP contribution in [0.5, 0.6) is 0 Å². The lowest BCUT2D eigenvalue weighted by Crippen LogP contribution is -2.46. The van der Waals surface area contributed by atoms with E-state index in [1.807, 2.05) is 13.0 Å². The molecule has 2 fully saturated rings. The first kappa shape index (κ1) is 23.3. The summed E-state index contributed by atoms with van der Waals surface area (Å²) in [6.07, 6.45) is 0.276. The molecule has 176 valence electrons. The van der Waals surface area contributed by atoms with E-state index >= 15 is 0 Å². The highest BCUT2D eigenvalue weighted by molar-refractivity contribution is 7.89. The first-order chi connectivity index (χ1) is 15.4. The quantitative estimate of drug-likeness (QED) is 0.599. The van der Waals surface area contributed by atoms with E-state index in [9.17, 15) is 13.5 Å². The van der Waals surface area contributed by atoms with Gasteiger partial charge in [-0.15, -0.1) is 0 Å². The molecular weight excluding hydrogens is 434 g/mol. The molecule has 32 heavy (non-hydrogen) atoms. The number of hydrogen-bond acceptors (Lipinski definition) is 8. The minimum Gasteiger partial charge on any atom is -0.390 e. The molecule has 3 heterocycles. The van der Waals surface area contributed by atoms with Crippen LogP contribution in [0, 0.1) is 6.92 Å². The summed E-state index contributed by atoms with van der Waals surface area (Å²) in [5, 5.41) is 14.5. The Labute approximate surface area is 188 Å². The van der Waals surface area contributed by atoms with E-state index in [0.717, 1.165) is 43.3 Å². The first-order valence-corrected chi connectivity index (χ1v) is 12.5. The van der Waals surface area contributed by atoms with Gasteiger partial charge in [-0.05, 0) is 31.9 Å². The summed E-state index contributed by atoms with van der Waals surface area (Å²) in [5.41, 5.74) is 1.78. The van der Waals surface area contributed by atoms with Gasteiger partial charge in [0.2, 0.25) is 10.0 Å². The fourth-order valence-electron chi connectivity index (χ4n) is 4.01. The van der Waals surface area contributed by atoms with Crippen molar-refractivity contribution in [2.45, 2.75) is 55.9 Å². The predicted molar refractivity (Wildman–Crippen MR) is 117 cm³/mol. The normalized spacial score (nSPS) is 25.1. The zero-order valence-electron chi connectivity index (χ0n) is 18.3. The Bertz CT molecular complexity index is 972. The Hall–Kier alpha value is -1.82. The minimum atomic E-state index is -3.67. The zero-order valence-corrected chi connectivity index (χ0v) is 19.1. The van der Waals surface area contributed by atoms with Crippen molar-refractivity contribution in [3.8, 4) is 0 Å². The highest BCUT2D eigenvalue weighted by atomic mass is 32.2. The Balaban J connectivity index is 1.30. The largest absolute Gasteiger partial charge is 0.390 e. The van der Waals surface area contributed by atoms with Crippen LogP contribution in [0.15, 0.2) is 39.8 Å². The van der Waals surface area contributed by atoms with Crippen molar-refractivity contribution < 1.29 is 27.5 Å². The van der Waals surface area contributed by atoms with Crippen LogP contribution in [0.25, 0.3) is 0 Å². The van der Waals surface area contributed by atoms with E-state index in [-0.39, 0.29) is 17.5 Å². The highest BCUT2D eigenvalue weighted by Crippen LogP contribution is 2.23. The summed E-state index contributed by atoms with van der Waals surface area (Å²) in [4.78, 5) is 2.46. The molecule has 2 N–H and O–H groups in total. The third kappa shape index (κ3) is 6.15. The maximum atomic E-state index is 12.5. The maximum absolute atomic E-state index is 12.5. The summed E-state index contributed by atoms with van der Waals surface area (Å²) in [6, 6.07) is 8.58. The lowest BCUT2D eigenvalue weighted by Gasteiger charge is -2.33. The molecule has 0 saturated carbocycles. The second-order valence-electron chi connectivity index (χ2n) is 8.48. The number of nitrogens with one attached hydrogen (secondary N) is 1. The molecule has 2 aliphatic heterocycles. The summed E-state index contributed by atoms with van der Waals surface area (Å²) < 4.78 is 44.5. The molecule has 1 aromatic heterocycles. The van der Waals surface area contributed by atoms with Gasteiger partial charge < -0.3 is 19.1 Å². The molecule has 0 spiro atoms. The van der Waals surface area contributed by atoms with Crippen LogP contribution in [0.4, 0.5) is 0 Å². The van der Waals surface area contributed by atoms with Crippen LogP contribution >= 0.6 is 0 Å². The number of sulfonamides is 1. The van der Waals surface area contributed by atoms with Gasteiger partial charge in [0.25, 0.3) is 0 Å². The van der Waals surface area contributed by atoms with Gasteiger partial charge in [0.05, 0.1) is 48.7 Å². The van der Waals surface area contributed by atoms with Gasteiger partial charge in [-0.1, -0.05) is 22.9 Å². The fraction of sp³-hybridized carbons (Fsp3) is 0.591. The van der Waals surface area contributed by atoms with Gasteiger partial charge in [-0.3, -0.25) is 4.90 Å². The van der Waals surface area contributed by atoms with Crippen LogP contribution in [-0.4, -0.2) is 74.7 Å². The van der Waals surface area contributed by atoms with E-state index < -0.39 is 22.2 Å². The monoisotopic (exact) mass is 465 g/mol. The molecule has 2 aromatic rings. The Morgan fingerprint density at radius 1 is 1.19 bits per heavy atom. The van der Waals surface area contributed by atoms with Gasteiger partial charge in [-0.25, -0.2) is 13.1 Å². The lowest BCUT2D eigenvalue weighted by atomic mass is 9.98. The van der Waals surface area contributed by atoms with Crippen molar-refractivity contribution in [1.82, 2.24) is 14.8 Å². The van der Waals surface area contributed by atoms with Crippen molar-refractivity contribution in [3.05, 3.63) is 47.3 Å². The molecule has 2 aliphatic rings. The van der Waals surface area contributed by atoms with Gasteiger partial charge in [0, 0.05) is 32.1 Å². The van der Waals surface area contributed by atoms with Gasteiger partial charge in [-0.2, -0.15) is 0 Å². The molecule has 4 rings (SSSR count). The average Bonchev–Trinajstić information content (AvgIpc) is 3.22. The van der Waals surface area contributed by atoms with E-state index in [0.29, 0.717) is 25.8 Å². The van der Waals surface area contributed by atoms with Crippen LogP contribution in [0.3, 0.4) is 0 Å². The Kier molecular flexibility index (Phi) is 7.59. The average molecular weight is 466 g/mol. The highest BCUT2D eigenvalue weighted by Gasteiger charge is 2.31. The smallest absolute Gasteiger partial charge is 0.240 e. The fourth-order valence-corrected chi connectivity index (χ4v) is 5.06. The number of morpholine rings is 1. The standard InChI is InChI=1S/C22H31N3O6S/c1-16-2-5-20(6-3-16)32(27,28)23-14-22-21(26)7-4-18(30-22)12-17-13-19(31-24-17)15-25-8-10-29-11-9-25/h2-3,5-6,13,18,21-23,26H,4,7-12,14-15H2,1H3. The summed E-state index contributed by atoms with van der Waals surface area (Å²) in [7, 11) is -3.67. The van der Waals surface area contributed by atoms with Crippen LogP contribution < -0.4 is 4.72 Å². The van der Waals surface area contributed by atoms with Crippen LogP contribution in [-0.2, 0) is 32.5 Å². The van der Waals surface area contributed by atoms with Crippen molar-refractivity contribution in [2.24, 2.45) is 0 Å². The second-order valence-corrected chi connectivity index (χ2v) is 10.3.